The lowest BCUT2D eigenvalue weighted by Gasteiger charge is -2.23. The molecule has 0 aliphatic heterocycles. The molecule has 0 saturated heterocycles. The van der Waals surface area contributed by atoms with Gasteiger partial charge in [-0.2, -0.15) is 0 Å². The topological polar surface area (TPSA) is 46.4 Å². The number of hydrogen-bond acceptors (Lipinski definition) is 3. The first-order valence-corrected chi connectivity index (χ1v) is 6.72. The molecule has 0 heterocycles. The fraction of sp³-hybridized carbons (Fsp3) is 0.200. The summed E-state index contributed by atoms with van der Waals surface area (Å²) in [6.07, 6.45) is 0. The van der Waals surface area contributed by atoms with Crippen LogP contribution in [0.2, 0.25) is 5.02 Å². The first kappa shape index (κ1) is 14.3. The van der Waals surface area contributed by atoms with Gasteiger partial charge < -0.3 is 4.90 Å². The number of hydrogen-bond donors (Lipinski definition) is 0. The number of nitro groups is 1. The van der Waals surface area contributed by atoms with Crippen molar-refractivity contribution in [2.45, 2.75) is 13.5 Å². The third-order valence-corrected chi connectivity index (χ3v) is 3.40. The molecule has 2 aromatic rings. The molecular weight excluding hydrogens is 276 g/mol. The number of para-hydroxylation sites is 1. The highest BCUT2D eigenvalue weighted by Gasteiger charge is 2.14. The van der Waals surface area contributed by atoms with Crippen LogP contribution in [0.1, 0.15) is 12.5 Å². The fourth-order valence-electron chi connectivity index (χ4n) is 2.04. The molecule has 5 heteroatoms. The van der Waals surface area contributed by atoms with E-state index in [0.717, 1.165) is 17.8 Å². The van der Waals surface area contributed by atoms with Crippen LogP contribution in [-0.4, -0.2) is 11.5 Å². The molecule has 0 saturated carbocycles. The van der Waals surface area contributed by atoms with E-state index in [1.807, 2.05) is 36.4 Å². The van der Waals surface area contributed by atoms with E-state index in [-0.39, 0.29) is 10.7 Å². The van der Waals surface area contributed by atoms with E-state index in [9.17, 15) is 10.1 Å². The molecule has 0 aromatic heterocycles. The van der Waals surface area contributed by atoms with Crippen LogP contribution in [0.5, 0.6) is 0 Å². The van der Waals surface area contributed by atoms with Crippen molar-refractivity contribution in [1.82, 2.24) is 0 Å². The lowest BCUT2D eigenvalue weighted by atomic mass is 10.1. The highest BCUT2D eigenvalue weighted by atomic mass is 35.5. The van der Waals surface area contributed by atoms with Crippen LogP contribution >= 0.6 is 11.6 Å². The first-order valence-electron chi connectivity index (χ1n) is 6.34. The zero-order valence-electron chi connectivity index (χ0n) is 11.1. The molecule has 2 aromatic carbocycles. The lowest BCUT2D eigenvalue weighted by Crippen LogP contribution is -2.21. The van der Waals surface area contributed by atoms with Crippen molar-refractivity contribution in [3.05, 3.63) is 69.2 Å². The number of benzene rings is 2. The van der Waals surface area contributed by atoms with Gasteiger partial charge in [-0.1, -0.05) is 35.9 Å². The molecule has 0 aliphatic carbocycles. The number of nitrogens with zero attached hydrogens (tertiary/aromatic N) is 2. The summed E-state index contributed by atoms with van der Waals surface area (Å²) in [7, 11) is 0. The molecule has 0 atom stereocenters. The molecule has 2 rings (SSSR count). The summed E-state index contributed by atoms with van der Waals surface area (Å²) in [6.45, 7) is 3.48. The Bertz CT molecular complexity index is 602. The molecule has 104 valence electrons. The smallest absolute Gasteiger partial charge is 0.288 e. The normalized spacial score (nSPS) is 10.3. The second-order valence-electron chi connectivity index (χ2n) is 4.39. The Hall–Kier alpha value is -2.07. The maximum Gasteiger partial charge on any atom is 0.288 e. The van der Waals surface area contributed by atoms with Crippen molar-refractivity contribution in [2.24, 2.45) is 0 Å². The van der Waals surface area contributed by atoms with Gasteiger partial charge in [-0.3, -0.25) is 10.1 Å². The van der Waals surface area contributed by atoms with E-state index >= 15 is 0 Å². The van der Waals surface area contributed by atoms with Crippen molar-refractivity contribution in [2.75, 3.05) is 11.4 Å². The van der Waals surface area contributed by atoms with Crippen LogP contribution in [0.4, 0.5) is 11.4 Å². The summed E-state index contributed by atoms with van der Waals surface area (Å²) in [5, 5.41) is 11.1. The van der Waals surface area contributed by atoms with E-state index in [4.69, 9.17) is 11.6 Å². The van der Waals surface area contributed by atoms with Crippen LogP contribution < -0.4 is 4.90 Å². The summed E-state index contributed by atoms with van der Waals surface area (Å²) < 4.78 is 0. The van der Waals surface area contributed by atoms with E-state index in [1.165, 1.54) is 6.07 Å². The van der Waals surface area contributed by atoms with Gasteiger partial charge in [-0.05, 0) is 30.7 Å². The zero-order valence-corrected chi connectivity index (χ0v) is 11.9. The highest BCUT2D eigenvalue weighted by Crippen LogP contribution is 2.26. The Morgan fingerprint density at radius 2 is 1.90 bits per heavy atom. The summed E-state index contributed by atoms with van der Waals surface area (Å²) in [5.41, 5.74) is 1.91. The Morgan fingerprint density at radius 1 is 1.20 bits per heavy atom. The lowest BCUT2D eigenvalue weighted by molar-refractivity contribution is -0.384. The predicted octanol–water partition coefficient (Wildman–Crippen LogP) is 4.27. The molecule has 0 amide bonds. The van der Waals surface area contributed by atoms with Crippen LogP contribution in [-0.2, 0) is 6.54 Å². The largest absolute Gasteiger partial charge is 0.367 e. The number of nitro benzene ring substituents is 1. The third kappa shape index (κ3) is 3.27. The van der Waals surface area contributed by atoms with Crippen LogP contribution in [0, 0.1) is 10.1 Å². The maximum atomic E-state index is 10.9. The Morgan fingerprint density at radius 3 is 2.50 bits per heavy atom. The van der Waals surface area contributed by atoms with Gasteiger partial charge in [0.15, 0.2) is 0 Å². The van der Waals surface area contributed by atoms with E-state index < -0.39 is 4.92 Å². The van der Waals surface area contributed by atoms with E-state index in [0.29, 0.717) is 6.54 Å². The number of rotatable bonds is 5. The van der Waals surface area contributed by atoms with E-state index in [2.05, 4.69) is 11.8 Å². The van der Waals surface area contributed by atoms with Gasteiger partial charge in [0, 0.05) is 24.8 Å². The van der Waals surface area contributed by atoms with Gasteiger partial charge >= 0.3 is 0 Å². The Balaban J connectivity index is 2.24. The quantitative estimate of drug-likeness (QED) is 0.610. The van der Waals surface area contributed by atoms with Gasteiger partial charge in [0.1, 0.15) is 5.02 Å². The standard InChI is InChI=1S/C15H15ClN2O2/c1-2-17(13-6-4-3-5-7-13)11-12-8-9-14(16)15(10-12)18(19)20/h3-10H,2,11H2,1H3. The molecular formula is C15H15ClN2O2. The summed E-state index contributed by atoms with van der Waals surface area (Å²) in [5.74, 6) is 0. The molecule has 4 nitrogen and oxygen atoms in total. The molecule has 0 fully saturated rings. The van der Waals surface area contributed by atoms with Crippen molar-refractivity contribution in [3.63, 3.8) is 0 Å². The number of anilines is 1. The van der Waals surface area contributed by atoms with Crippen molar-refractivity contribution in [1.29, 1.82) is 0 Å². The van der Waals surface area contributed by atoms with Gasteiger partial charge in [0.2, 0.25) is 0 Å². The second-order valence-corrected chi connectivity index (χ2v) is 4.80. The zero-order chi connectivity index (χ0) is 14.5. The minimum absolute atomic E-state index is 0.0479. The average Bonchev–Trinajstić information content (AvgIpc) is 2.47. The first-order chi connectivity index (χ1) is 9.61. The van der Waals surface area contributed by atoms with Crippen LogP contribution in [0.3, 0.4) is 0 Å². The van der Waals surface area contributed by atoms with Gasteiger partial charge in [-0.15, -0.1) is 0 Å². The Kier molecular flexibility index (Phi) is 4.58. The molecule has 20 heavy (non-hydrogen) atoms. The van der Waals surface area contributed by atoms with Gasteiger partial charge in [0.25, 0.3) is 5.69 Å². The average molecular weight is 291 g/mol. The van der Waals surface area contributed by atoms with Gasteiger partial charge in [0.05, 0.1) is 4.92 Å². The number of halogens is 1. The monoisotopic (exact) mass is 290 g/mol. The van der Waals surface area contributed by atoms with Crippen molar-refractivity contribution in [3.8, 4) is 0 Å². The minimum Gasteiger partial charge on any atom is -0.367 e. The third-order valence-electron chi connectivity index (χ3n) is 3.08. The summed E-state index contributed by atoms with van der Waals surface area (Å²) >= 11 is 5.82. The highest BCUT2D eigenvalue weighted by molar-refractivity contribution is 6.32. The van der Waals surface area contributed by atoms with Gasteiger partial charge in [-0.25, -0.2) is 0 Å². The molecule has 0 aliphatic rings. The molecule has 0 spiro atoms. The van der Waals surface area contributed by atoms with Crippen molar-refractivity contribution < 1.29 is 4.92 Å². The molecule has 0 N–H and O–H groups in total. The summed E-state index contributed by atoms with van der Waals surface area (Å²) in [4.78, 5) is 12.6. The maximum absolute atomic E-state index is 10.9. The van der Waals surface area contributed by atoms with Crippen LogP contribution in [0.15, 0.2) is 48.5 Å². The Labute approximate surface area is 122 Å². The van der Waals surface area contributed by atoms with E-state index in [1.54, 1.807) is 6.07 Å². The molecule has 0 radical (unpaired) electrons. The van der Waals surface area contributed by atoms with Crippen molar-refractivity contribution >= 4 is 23.0 Å². The SMILES string of the molecule is CCN(Cc1ccc(Cl)c([N+](=O)[O-])c1)c1ccccc1. The fourth-order valence-corrected chi connectivity index (χ4v) is 2.23. The molecule has 0 unspecified atom stereocenters. The predicted molar refractivity (Wildman–Crippen MR) is 81.3 cm³/mol. The second kappa shape index (κ2) is 6.39. The summed E-state index contributed by atoms with van der Waals surface area (Å²) in [6, 6.07) is 14.9. The van der Waals surface area contributed by atoms with Crippen LogP contribution in [0.25, 0.3) is 0 Å². The molecule has 0 bridgehead atoms. The minimum atomic E-state index is -0.454.